The van der Waals surface area contributed by atoms with E-state index in [1.807, 2.05) is 18.2 Å². The van der Waals surface area contributed by atoms with Crippen LogP contribution >= 0.6 is 0 Å². The molecular formula is C18H23NO3. The first-order chi connectivity index (χ1) is 10.7. The lowest BCUT2D eigenvalue weighted by atomic mass is 10.1. The second kappa shape index (κ2) is 6.95. The van der Waals surface area contributed by atoms with E-state index >= 15 is 0 Å². The summed E-state index contributed by atoms with van der Waals surface area (Å²) in [6.45, 7) is 0.0289. The zero-order valence-corrected chi connectivity index (χ0v) is 12.9. The van der Waals surface area contributed by atoms with Gasteiger partial charge in [0.15, 0.2) is 12.4 Å². The summed E-state index contributed by atoms with van der Waals surface area (Å²) in [5.74, 6) is 0.788. The predicted octanol–water partition coefficient (Wildman–Crippen LogP) is 3.03. The Bertz CT molecular complexity index is 559. The molecule has 1 saturated carbocycles. The fourth-order valence-corrected chi connectivity index (χ4v) is 3.43. The van der Waals surface area contributed by atoms with Gasteiger partial charge in [0.1, 0.15) is 5.75 Å². The highest BCUT2D eigenvalue weighted by atomic mass is 16.5. The highest BCUT2D eigenvalue weighted by molar-refractivity contribution is 6.01. The molecule has 118 valence electrons. The lowest BCUT2D eigenvalue weighted by Crippen LogP contribution is -2.37. The van der Waals surface area contributed by atoms with Crippen molar-refractivity contribution in [2.24, 2.45) is 0 Å². The van der Waals surface area contributed by atoms with Crippen LogP contribution in [0.2, 0.25) is 0 Å². The van der Waals surface area contributed by atoms with Crippen LogP contribution in [0.4, 0.5) is 0 Å². The van der Waals surface area contributed by atoms with E-state index < -0.39 is 0 Å². The van der Waals surface area contributed by atoms with Gasteiger partial charge in [-0.25, -0.2) is 0 Å². The third kappa shape index (κ3) is 3.49. The standard InChI is InChI=1S/C18H23NO3/c20-16-11-10-15-14(16)8-5-9-17(15)22-12-18(21)19-13-6-3-1-2-4-7-13/h5,8-9,13H,1-4,6-7,10-12H2,(H,19,21). The first kappa shape index (κ1) is 15.1. The molecule has 0 unspecified atom stereocenters. The van der Waals surface area contributed by atoms with E-state index in [0.717, 1.165) is 24.0 Å². The van der Waals surface area contributed by atoms with Gasteiger partial charge in [-0.05, 0) is 25.3 Å². The van der Waals surface area contributed by atoms with E-state index in [0.29, 0.717) is 24.6 Å². The van der Waals surface area contributed by atoms with Crippen molar-refractivity contribution in [3.8, 4) is 5.75 Å². The first-order valence-electron chi connectivity index (χ1n) is 8.31. The van der Waals surface area contributed by atoms with Crippen LogP contribution in [0.1, 0.15) is 60.9 Å². The molecule has 0 aliphatic heterocycles. The molecule has 1 N–H and O–H groups in total. The van der Waals surface area contributed by atoms with Gasteiger partial charge in [-0.15, -0.1) is 0 Å². The van der Waals surface area contributed by atoms with Crippen LogP contribution in [0.15, 0.2) is 18.2 Å². The summed E-state index contributed by atoms with van der Waals surface area (Å²) < 4.78 is 5.67. The minimum Gasteiger partial charge on any atom is -0.483 e. The highest BCUT2D eigenvalue weighted by Gasteiger charge is 2.23. The minimum atomic E-state index is -0.0613. The Balaban J connectivity index is 1.54. The number of benzene rings is 1. The Kier molecular flexibility index (Phi) is 4.76. The van der Waals surface area contributed by atoms with E-state index in [1.54, 1.807) is 0 Å². The summed E-state index contributed by atoms with van der Waals surface area (Å²) in [5.41, 5.74) is 1.71. The largest absolute Gasteiger partial charge is 0.483 e. The summed E-state index contributed by atoms with van der Waals surface area (Å²) in [5, 5.41) is 3.07. The summed E-state index contributed by atoms with van der Waals surface area (Å²) in [6.07, 6.45) is 8.33. The quantitative estimate of drug-likeness (QED) is 0.870. The van der Waals surface area contributed by atoms with Crippen molar-refractivity contribution in [3.63, 3.8) is 0 Å². The van der Waals surface area contributed by atoms with Crippen LogP contribution in [0.25, 0.3) is 0 Å². The van der Waals surface area contributed by atoms with Gasteiger partial charge >= 0.3 is 0 Å². The van der Waals surface area contributed by atoms with Crippen LogP contribution in [0.5, 0.6) is 5.75 Å². The molecule has 0 bridgehead atoms. The summed E-state index contributed by atoms with van der Waals surface area (Å²) in [4.78, 5) is 23.8. The van der Waals surface area contributed by atoms with Gasteiger partial charge in [-0.3, -0.25) is 9.59 Å². The number of ether oxygens (including phenoxy) is 1. The molecule has 1 fully saturated rings. The SMILES string of the molecule is O=C(COc1cccc2c1CCC2=O)NC1CCCCCC1. The molecule has 1 aromatic carbocycles. The van der Waals surface area contributed by atoms with E-state index in [4.69, 9.17) is 4.74 Å². The van der Waals surface area contributed by atoms with Gasteiger partial charge in [0, 0.05) is 23.6 Å². The Morgan fingerprint density at radius 2 is 1.91 bits per heavy atom. The van der Waals surface area contributed by atoms with Crippen LogP contribution < -0.4 is 10.1 Å². The van der Waals surface area contributed by atoms with Crippen molar-refractivity contribution in [2.75, 3.05) is 6.61 Å². The van der Waals surface area contributed by atoms with Crippen LogP contribution in [-0.4, -0.2) is 24.3 Å². The van der Waals surface area contributed by atoms with E-state index in [1.165, 1.54) is 25.7 Å². The molecule has 2 aliphatic carbocycles. The number of nitrogens with one attached hydrogen (secondary N) is 1. The van der Waals surface area contributed by atoms with Crippen LogP contribution in [0, 0.1) is 0 Å². The maximum absolute atomic E-state index is 12.1. The molecule has 0 atom stereocenters. The first-order valence-corrected chi connectivity index (χ1v) is 8.31. The molecule has 2 aliphatic rings. The van der Waals surface area contributed by atoms with Gasteiger partial charge in [-0.1, -0.05) is 37.8 Å². The molecule has 0 aromatic heterocycles. The topological polar surface area (TPSA) is 55.4 Å². The Labute approximate surface area is 131 Å². The molecular weight excluding hydrogens is 278 g/mol. The zero-order chi connectivity index (χ0) is 15.4. The zero-order valence-electron chi connectivity index (χ0n) is 12.9. The monoisotopic (exact) mass is 301 g/mol. The highest BCUT2D eigenvalue weighted by Crippen LogP contribution is 2.30. The third-order valence-electron chi connectivity index (χ3n) is 4.61. The smallest absolute Gasteiger partial charge is 0.258 e. The van der Waals surface area contributed by atoms with Crippen molar-refractivity contribution in [2.45, 2.75) is 57.4 Å². The van der Waals surface area contributed by atoms with Gasteiger partial charge in [0.2, 0.25) is 0 Å². The second-order valence-electron chi connectivity index (χ2n) is 6.25. The van der Waals surface area contributed by atoms with Crippen molar-refractivity contribution >= 4 is 11.7 Å². The fraction of sp³-hybridized carbons (Fsp3) is 0.556. The predicted molar refractivity (Wildman–Crippen MR) is 84.2 cm³/mol. The summed E-state index contributed by atoms with van der Waals surface area (Å²) >= 11 is 0. The lowest BCUT2D eigenvalue weighted by molar-refractivity contribution is -0.123. The molecule has 0 spiro atoms. The number of fused-ring (bicyclic) bond motifs is 1. The maximum Gasteiger partial charge on any atom is 0.258 e. The van der Waals surface area contributed by atoms with E-state index in [-0.39, 0.29) is 18.3 Å². The molecule has 3 rings (SSSR count). The maximum atomic E-state index is 12.1. The minimum absolute atomic E-state index is 0.0289. The Hall–Kier alpha value is -1.84. The Morgan fingerprint density at radius 1 is 1.14 bits per heavy atom. The molecule has 22 heavy (non-hydrogen) atoms. The molecule has 0 radical (unpaired) electrons. The molecule has 4 nitrogen and oxygen atoms in total. The van der Waals surface area contributed by atoms with Gasteiger partial charge < -0.3 is 10.1 Å². The molecule has 0 saturated heterocycles. The normalized spacial score (nSPS) is 18.6. The van der Waals surface area contributed by atoms with Crippen molar-refractivity contribution in [3.05, 3.63) is 29.3 Å². The fourth-order valence-electron chi connectivity index (χ4n) is 3.43. The number of amides is 1. The number of carbonyl (C=O) groups is 2. The second-order valence-corrected chi connectivity index (χ2v) is 6.25. The Morgan fingerprint density at radius 3 is 2.68 bits per heavy atom. The summed E-state index contributed by atoms with van der Waals surface area (Å²) in [7, 11) is 0. The number of hydrogen-bond acceptors (Lipinski definition) is 3. The summed E-state index contributed by atoms with van der Waals surface area (Å²) in [6, 6.07) is 5.79. The molecule has 0 heterocycles. The van der Waals surface area contributed by atoms with Crippen molar-refractivity contribution in [1.82, 2.24) is 5.32 Å². The van der Waals surface area contributed by atoms with Gasteiger partial charge in [0.05, 0.1) is 0 Å². The number of Topliss-reactive ketones (excluding diaryl/α,β-unsaturated/α-hetero) is 1. The number of rotatable bonds is 4. The number of ketones is 1. The van der Waals surface area contributed by atoms with E-state index in [9.17, 15) is 9.59 Å². The van der Waals surface area contributed by atoms with Crippen molar-refractivity contribution in [1.29, 1.82) is 0 Å². The van der Waals surface area contributed by atoms with Crippen LogP contribution in [0.3, 0.4) is 0 Å². The average Bonchev–Trinajstić information content (AvgIpc) is 2.74. The number of hydrogen-bond donors (Lipinski definition) is 1. The molecule has 4 heteroatoms. The van der Waals surface area contributed by atoms with E-state index in [2.05, 4.69) is 5.32 Å². The average molecular weight is 301 g/mol. The van der Waals surface area contributed by atoms with Crippen molar-refractivity contribution < 1.29 is 14.3 Å². The van der Waals surface area contributed by atoms with Gasteiger partial charge in [0.25, 0.3) is 5.91 Å². The third-order valence-corrected chi connectivity index (χ3v) is 4.61. The van der Waals surface area contributed by atoms with Gasteiger partial charge in [-0.2, -0.15) is 0 Å². The molecule has 1 aromatic rings. The molecule has 1 amide bonds. The van der Waals surface area contributed by atoms with Crippen LogP contribution in [-0.2, 0) is 11.2 Å². The number of carbonyl (C=O) groups excluding carboxylic acids is 2. The lowest BCUT2D eigenvalue weighted by Gasteiger charge is -2.17.